The average Bonchev–Trinajstić information content (AvgIpc) is 2.46. The molecule has 0 aliphatic carbocycles. The molecule has 21 heavy (non-hydrogen) atoms. The highest BCUT2D eigenvalue weighted by atomic mass is 35.5. The standard InChI is InChI=1S/C15H19ClN2O3/c1-3-21-14(19)10-17-8-9-18(15(20)11(17)2)13-6-4-12(16)5-7-13/h4-7,11H,3,8-10H2,1-2H3/t11-/m1/s1. The molecular formula is C15H19ClN2O3. The zero-order chi connectivity index (χ0) is 15.4. The summed E-state index contributed by atoms with van der Waals surface area (Å²) in [6.45, 7) is 5.26. The minimum atomic E-state index is -0.348. The number of carbonyl (C=O) groups is 2. The number of piperazine rings is 1. The van der Waals surface area contributed by atoms with E-state index in [1.54, 1.807) is 24.0 Å². The quantitative estimate of drug-likeness (QED) is 0.798. The van der Waals surface area contributed by atoms with Crippen LogP contribution in [0, 0.1) is 0 Å². The third-order valence-electron chi connectivity index (χ3n) is 3.56. The maximum Gasteiger partial charge on any atom is 0.320 e. The fourth-order valence-corrected chi connectivity index (χ4v) is 2.51. The smallest absolute Gasteiger partial charge is 0.320 e. The number of amides is 1. The van der Waals surface area contributed by atoms with E-state index in [0.717, 1.165) is 5.69 Å². The molecule has 0 bridgehead atoms. The van der Waals surface area contributed by atoms with Crippen LogP contribution in [-0.4, -0.2) is 49.1 Å². The number of carbonyl (C=O) groups excluding carboxylic acids is 2. The predicted octanol–water partition coefficient (Wildman–Crippen LogP) is 1.94. The monoisotopic (exact) mass is 310 g/mol. The summed E-state index contributed by atoms with van der Waals surface area (Å²) in [6, 6.07) is 6.83. The molecule has 0 saturated carbocycles. The maximum atomic E-state index is 12.5. The van der Waals surface area contributed by atoms with Crippen molar-refractivity contribution in [3.63, 3.8) is 0 Å². The van der Waals surface area contributed by atoms with Gasteiger partial charge in [0.15, 0.2) is 0 Å². The average molecular weight is 311 g/mol. The van der Waals surface area contributed by atoms with Crippen molar-refractivity contribution >= 4 is 29.2 Å². The number of nitrogens with zero attached hydrogens (tertiary/aromatic N) is 2. The van der Waals surface area contributed by atoms with Crippen molar-refractivity contribution < 1.29 is 14.3 Å². The Morgan fingerprint density at radius 1 is 1.33 bits per heavy atom. The predicted molar refractivity (Wildman–Crippen MR) is 81.5 cm³/mol. The van der Waals surface area contributed by atoms with Crippen molar-refractivity contribution in [2.24, 2.45) is 0 Å². The molecule has 1 amide bonds. The molecule has 1 saturated heterocycles. The van der Waals surface area contributed by atoms with E-state index < -0.39 is 0 Å². The zero-order valence-corrected chi connectivity index (χ0v) is 13.0. The molecule has 1 fully saturated rings. The topological polar surface area (TPSA) is 49.9 Å². The van der Waals surface area contributed by atoms with E-state index in [1.807, 2.05) is 24.0 Å². The number of ether oxygens (including phenoxy) is 1. The largest absolute Gasteiger partial charge is 0.465 e. The molecule has 0 N–H and O–H groups in total. The SMILES string of the molecule is CCOC(=O)CN1CCN(c2ccc(Cl)cc2)C(=O)[C@H]1C. The van der Waals surface area contributed by atoms with Gasteiger partial charge in [0.05, 0.1) is 19.2 Å². The van der Waals surface area contributed by atoms with Gasteiger partial charge in [-0.05, 0) is 38.1 Å². The Kier molecular flexibility index (Phi) is 5.20. The summed E-state index contributed by atoms with van der Waals surface area (Å²) in [5, 5.41) is 0.639. The highest BCUT2D eigenvalue weighted by molar-refractivity contribution is 6.30. The summed E-state index contributed by atoms with van der Waals surface area (Å²) in [5.74, 6) is -0.315. The van der Waals surface area contributed by atoms with Crippen molar-refractivity contribution in [3.05, 3.63) is 29.3 Å². The molecule has 0 unspecified atom stereocenters. The molecule has 0 radical (unpaired) electrons. The lowest BCUT2D eigenvalue weighted by Crippen LogP contribution is -2.57. The highest BCUT2D eigenvalue weighted by Crippen LogP contribution is 2.22. The Balaban J connectivity index is 2.04. The summed E-state index contributed by atoms with van der Waals surface area (Å²) in [6.07, 6.45) is 0. The minimum Gasteiger partial charge on any atom is -0.465 e. The van der Waals surface area contributed by atoms with Gasteiger partial charge in [0, 0.05) is 23.8 Å². The second-order valence-corrected chi connectivity index (χ2v) is 5.35. The number of hydrogen-bond donors (Lipinski definition) is 0. The van der Waals surface area contributed by atoms with Gasteiger partial charge in [-0.25, -0.2) is 0 Å². The lowest BCUT2D eigenvalue weighted by Gasteiger charge is -2.38. The third kappa shape index (κ3) is 3.74. The molecule has 114 valence electrons. The van der Waals surface area contributed by atoms with Crippen LogP contribution in [0.1, 0.15) is 13.8 Å². The summed E-state index contributed by atoms with van der Waals surface area (Å²) >= 11 is 5.86. The van der Waals surface area contributed by atoms with Crippen molar-refractivity contribution in [1.82, 2.24) is 4.90 Å². The molecule has 1 atom stereocenters. The summed E-state index contributed by atoms with van der Waals surface area (Å²) in [4.78, 5) is 27.6. The minimum absolute atomic E-state index is 0.0205. The van der Waals surface area contributed by atoms with E-state index >= 15 is 0 Å². The van der Waals surface area contributed by atoms with Gasteiger partial charge >= 0.3 is 5.97 Å². The molecule has 6 heteroatoms. The van der Waals surface area contributed by atoms with E-state index in [1.165, 1.54) is 0 Å². The fraction of sp³-hybridized carbons (Fsp3) is 0.467. The van der Waals surface area contributed by atoms with Gasteiger partial charge in [0.1, 0.15) is 0 Å². The van der Waals surface area contributed by atoms with E-state index in [4.69, 9.17) is 16.3 Å². The third-order valence-corrected chi connectivity index (χ3v) is 3.81. The van der Waals surface area contributed by atoms with Crippen LogP contribution in [0.25, 0.3) is 0 Å². The van der Waals surface area contributed by atoms with Crippen LogP contribution in [0.3, 0.4) is 0 Å². The maximum absolute atomic E-state index is 12.5. The molecule has 2 rings (SSSR count). The molecule has 5 nitrogen and oxygen atoms in total. The van der Waals surface area contributed by atoms with Gasteiger partial charge in [-0.1, -0.05) is 11.6 Å². The second kappa shape index (κ2) is 6.91. The Morgan fingerprint density at radius 2 is 2.00 bits per heavy atom. The zero-order valence-electron chi connectivity index (χ0n) is 12.2. The molecule has 1 aliphatic rings. The number of hydrogen-bond acceptors (Lipinski definition) is 4. The van der Waals surface area contributed by atoms with Crippen LogP contribution in [0.2, 0.25) is 5.02 Å². The van der Waals surface area contributed by atoms with Crippen molar-refractivity contribution in [2.75, 3.05) is 31.1 Å². The number of benzene rings is 1. The fourth-order valence-electron chi connectivity index (χ4n) is 2.38. The number of rotatable bonds is 4. The lowest BCUT2D eigenvalue weighted by atomic mass is 10.1. The van der Waals surface area contributed by atoms with Gasteiger partial charge in [0.2, 0.25) is 5.91 Å². The Morgan fingerprint density at radius 3 is 2.62 bits per heavy atom. The molecule has 1 aliphatic heterocycles. The van der Waals surface area contributed by atoms with Gasteiger partial charge in [-0.3, -0.25) is 14.5 Å². The summed E-state index contributed by atoms with van der Waals surface area (Å²) in [7, 11) is 0. The molecular weight excluding hydrogens is 292 g/mol. The van der Waals surface area contributed by atoms with E-state index in [0.29, 0.717) is 24.7 Å². The first-order chi connectivity index (χ1) is 10.0. The summed E-state index contributed by atoms with van der Waals surface area (Å²) < 4.78 is 4.93. The Hall–Kier alpha value is -1.59. The van der Waals surface area contributed by atoms with E-state index in [2.05, 4.69) is 0 Å². The first-order valence-corrected chi connectivity index (χ1v) is 7.37. The Bertz CT molecular complexity index is 518. The van der Waals surface area contributed by atoms with Crippen molar-refractivity contribution in [2.45, 2.75) is 19.9 Å². The van der Waals surface area contributed by atoms with Crippen molar-refractivity contribution in [1.29, 1.82) is 0 Å². The van der Waals surface area contributed by atoms with Gasteiger partial charge in [0.25, 0.3) is 0 Å². The van der Waals surface area contributed by atoms with Crippen LogP contribution in [0.15, 0.2) is 24.3 Å². The van der Waals surface area contributed by atoms with E-state index in [9.17, 15) is 9.59 Å². The van der Waals surface area contributed by atoms with Crippen LogP contribution < -0.4 is 4.90 Å². The molecule has 0 aromatic heterocycles. The van der Waals surface area contributed by atoms with Crippen LogP contribution in [-0.2, 0) is 14.3 Å². The number of anilines is 1. The van der Waals surface area contributed by atoms with Crippen LogP contribution in [0.4, 0.5) is 5.69 Å². The van der Waals surface area contributed by atoms with Crippen LogP contribution in [0.5, 0.6) is 0 Å². The molecule has 0 spiro atoms. The highest BCUT2D eigenvalue weighted by Gasteiger charge is 2.33. The molecule has 1 heterocycles. The molecule has 1 aromatic rings. The second-order valence-electron chi connectivity index (χ2n) is 4.92. The summed E-state index contributed by atoms with van der Waals surface area (Å²) in [5.41, 5.74) is 0.826. The number of esters is 1. The van der Waals surface area contributed by atoms with Crippen molar-refractivity contribution in [3.8, 4) is 0 Å². The molecule has 1 aromatic carbocycles. The van der Waals surface area contributed by atoms with Gasteiger partial charge in [-0.2, -0.15) is 0 Å². The number of halogens is 1. The first-order valence-electron chi connectivity index (χ1n) is 6.99. The van der Waals surface area contributed by atoms with Gasteiger partial charge < -0.3 is 9.64 Å². The van der Waals surface area contributed by atoms with E-state index in [-0.39, 0.29) is 24.5 Å². The Labute approximate surface area is 129 Å². The lowest BCUT2D eigenvalue weighted by molar-refractivity contribution is -0.145. The van der Waals surface area contributed by atoms with Gasteiger partial charge in [-0.15, -0.1) is 0 Å². The van der Waals surface area contributed by atoms with Crippen LogP contribution >= 0.6 is 11.6 Å². The normalized spacial score (nSPS) is 19.7. The first kappa shape index (κ1) is 15.8.